The van der Waals surface area contributed by atoms with Crippen molar-refractivity contribution in [3.05, 3.63) is 58.9 Å². The Morgan fingerprint density at radius 1 is 1.25 bits per heavy atom. The number of nitrogens with two attached hydrogens (primary N) is 1. The van der Waals surface area contributed by atoms with E-state index in [-0.39, 0.29) is 11.8 Å². The first-order valence-electron chi connectivity index (χ1n) is 6.56. The Bertz CT molecular complexity index is 588. The molecule has 2 rings (SSSR count). The zero-order valence-corrected chi connectivity index (χ0v) is 12.0. The van der Waals surface area contributed by atoms with Crippen LogP contribution in [-0.4, -0.2) is 6.04 Å². The van der Waals surface area contributed by atoms with E-state index in [2.05, 4.69) is 0 Å². The molecule has 0 heterocycles. The van der Waals surface area contributed by atoms with Gasteiger partial charge in [-0.25, -0.2) is 4.39 Å². The third-order valence-corrected chi connectivity index (χ3v) is 3.28. The second kappa shape index (κ2) is 6.73. The number of hydrogen-bond acceptors (Lipinski definition) is 2. The molecule has 0 fully saturated rings. The summed E-state index contributed by atoms with van der Waals surface area (Å²) in [6, 6.07) is 11.8. The van der Waals surface area contributed by atoms with Gasteiger partial charge in [-0.3, -0.25) is 0 Å². The molecular weight excluding hydrogens is 277 g/mol. The third kappa shape index (κ3) is 3.95. The van der Waals surface area contributed by atoms with Crippen molar-refractivity contribution in [3.63, 3.8) is 0 Å². The summed E-state index contributed by atoms with van der Waals surface area (Å²) >= 11 is 5.86. The Labute approximate surface area is 123 Å². The Hall–Kier alpha value is -1.58. The molecule has 0 aromatic heterocycles. The lowest BCUT2D eigenvalue weighted by Crippen LogP contribution is -2.21. The van der Waals surface area contributed by atoms with Gasteiger partial charge in [-0.1, -0.05) is 30.7 Å². The fraction of sp³-hybridized carbons (Fsp3) is 0.250. The van der Waals surface area contributed by atoms with Crippen LogP contribution < -0.4 is 10.5 Å². The zero-order valence-electron chi connectivity index (χ0n) is 11.3. The van der Waals surface area contributed by atoms with Gasteiger partial charge in [-0.15, -0.1) is 0 Å². The van der Waals surface area contributed by atoms with Crippen molar-refractivity contribution in [2.45, 2.75) is 25.8 Å². The molecule has 2 aromatic carbocycles. The van der Waals surface area contributed by atoms with E-state index in [0.29, 0.717) is 17.2 Å². The highest BCUT2D eigenvalue weighted by molar-refractivity contribution is 6.30. The van der Waals surface area contributed by atoms with Gasteiger partial charge in [0.1, 0.15) is 5.75 Å². The molecule has 0 aliphatic heterocycles. The normalized spacial score (nSPS) is 12.2. The van der Waals surface area contributed by atoms with E-state index in [4.69, 9.17) is 22.1 Å². The molecule has 106 valence electrons. The molecule has 1 unspecified atom stereocenters. The summed E-state index contributed by atoms with van der Waals surface area (Å²) in [5, 5.41) is 0.549. The standard InChI is InChI=1S/C16H17ClFNO/c1-2-13(19)8-11-6-7-16(15(18)9-11)20-14-5-3-4-12(17)10-14/h3-7,9-10,13H,2,8,19H2,1H3. The maximum Gasteiger partial charge on any atom is 0.165 e. The van der Waals surface area contributed by atoms with Crippen molar-refractivity contribution >= 4 is 11.6 Å². The summed E-state index contributed by atoms with van der Waals surface area (Å²) < 4.78 is 19.5. The summed E-state index contributed by atoms with van der Waals surface area (Å²) in [5.74, 6) is 0.293. The van der Waals surface area contributed by atoms with Crippen LogP contribution in [0.3, 0.4) is 0 Å². The van der Waals surface area contributed by atoms with Gasteiger partial charge in [0.25, 0.3) is 0 Å². The van der Waals surface area contributed by atoms with E-state index in [1.807, 2.05) is 13.0 Å². The zero-order chi connectivity index (χ0) is 14.5. The molecule has 0 spiro atoms. The fourth-order valence-electron chi connectivity index (χ4n) is 1.86. The van der Waals surface area contributed by atoms with Crippen LogP contribution >= 0.6 is 11.6 Å². The monoisotopic (exact) mass is 293 g/mol. The highest BCUT2D eigenvalue weighted by Crippen LogP contribution is 2.27. The van der Waals surface area contributed by atoms with Crippen LogP contribution in [0.5, 0.6) is 11.5 Å². The minimum Gasteiger partial charge on any atom is -0.454 e. The lowest BCUT2D eigenvalue weighted by atomic mass is 10.0. The first-order chi connectivity index (χ1) is 9.58. The molecule has 0 radical (unpaired) electrons. The molecular formula is C16H17ClFNO. The number of halogens is 2. The molecule has 0 aliphatic carbocycles. The molecule has 1 atom stereocenters. The molecule has 0 bridgehead atoms. The van der Waals surface area contributed by atoms with Gasteiger partial charge in [-0.05, 0) is 48.7 Å². The minimum atomic E-state index is -0.397. The van der Waals surface area contributed by atoms with Gasteiger partial charge in [0.05, 0.1) is 0 Å². The van der Waals surface area contributed by atoms with E-state index in [1.165, 1.54) is 6.07 Å². The lowest BCUT2D eigenvalue weighted by molar-refractivity contribution is 0.441. The number of rotatable bonds is 5. The second-order valence-corrected chi connectivity index (χ2v) is 5.13. The summed E-state index contributed by atoms with van der Waals surface area (Å²) in [5.41, 5.74) is 6.74. The quantitative estimate of drug-likeness (QED) is 0.877. The van der Waals surface area contributed by atoms with Crippen molar-refractivity contribution in [2.24, 2.45) is 5.73 Å². The first kappa shape index (κ1) is 14.8. The van der Waals surface area contributed by atoms with Gasteiger partial charge >= 0.3 is 0 Å². The van der Waals surface area contributed by atoms with E-state index in [0.717, 1.165) is 12.0 Å². The van der Waals surface area contributed by atoms with E-state index in [9.17, 15) is 4.39 Å². The molecule has 2 aromatic rings. The SMILES string of the molecule is CCC(N)Cc1ccc(Oc2cccc(Cl)c2)c(F)c1. The smallest absolute Gasteiger partial charge is 0.165 e. The van der Waals surface area contributed by atoms with E-state index < -0.39 is 5.82 Å². The number of ether oxygens (including phenoxy) is 1. The average molecular weight is 294 g/mol. The van der Waals surface area contributed by atoms with Gasteiger partial charge in [0.2, 0.25) is 0 Å². The average Bonchev–Trinajstić information content (AvgIpc) is 2.42. The van der Waals surface area contributed by atoms with Crippen molar-refractivity contribution in [2.75, 3.05) is 0 Å². The van der Waals surface area contributed by atoms with Crippen LogP contribution in [0.25, 0.3) is 0 Å². The summed E-state index contributed by atoms with van der Waals surface area (Å²) in [7, 11) is 0. The van der Waals surface area contributed by atoms with Crippen LogP contribution in [0.1, 0.15) is 18.9 Å². The molecule has 0 aliphatic rings. The molecule has 2 N–H and O–H groups in total. The maximum absolute atomic E-state index is 14.0. The van der Waals surface area contributed by atoms with E-state index in [1.54, 1.807) is 30.3 Å². The predicted molar refractivity (Wildman–Crippen MR) is 79.9 cm³/mol. The first-order valence-corrected chi connectivity index (χ1v) is 6.93. The Balaban J connectivity index is 2.13. The number of hydrogen-bond donors (Lipinski definition) is 1. The number of benzene rings is 2. The van der Waals surface area contributed by atoms with Crippen molar-refractivity contribution < 1.29 is 9.13 Å². The molecule has 2 nitrogen and oxygen atoms in total. The Kier molecular flexibility index (Phi) is 4.99. The Morgan fingerprint density at radius 2 is 2.05 bits per heavy atom. The largest absolute Gasteiger partial charge is 0.454 e. The Morgan fingerprint density at radius 3 is 2.70 bits per heavy atom. The van der Waals surface area contributed by atoms with Crippen molar-refractivity contribution in [3.8, 4) is 11.5 Å². The molecule has 0 saturated heterocycles. The van der Waals surface area contributed by atoms with E-state index >= 15 is 0 Å². The lowest BCUT2D eigenvalue weighted by Gasteiger charge is -2.11. The minimum absolute atomic E-state index is 0.0501. The van der Waals surface area contributed by atoms with Crippen LogP contribution in [0.4, 0.5) is 4.39 Å². The fourth-order valence-corrected chi connectivity index (χ4v) is 2.04. The molecule has 4 heteroatoms. The van der Waals surface area contributed by atoms with Crippen LogP contribution in [-0.2, 0) is 6.42 Å². The maximum atomic E-state index is 14.0. The van der Waals surface area contributed by atoms with Gasteiger partial charge in [-0.2, -0.15) is 0 Å². The summed E-state index contributed by atoms with van der Waals surface area (Å²) in [6.45, 7) is 2.01. The highest BCUT2D eigenvalue weighted by Gasteiger charge is 2.08. The summed E-state index contributed by atoms with van der Waals surface area (Å²) in [4.78, 5) is 0. The topological polar surface area (TPSA) is 35.2 Å². The van der Waals surface area contributed by atoms with Crippen LogP contribution in [0, 0.1) is 5.82 Å². The molecule has 0 amide bonds. The highest BCUT2D eigenvalue weighted by atomic mass is 35.5. The second-order valence-electron chi connectivity index (χ2n) is 4.70. The molecule has 20 heavy (non-hydrogen) atoms. The van der Waals surface area contributed by atoms with Crippen LogP contribution in [0.2, 0.25) is 5.02 Å². The van der Waals surface area contributed by atoms with Crippen molar-refractivity contribution in [1.29, 1.82) is 0 Å². The predicted octanol–water partition coefficient (Wildman–Crippen LogP) is 4.55. The van der Waals surface area contributed by atoms with Crippen molar-refractivity contribution in [1.82, 2.24) is 0 Å². The summed E-state index contributed by atoms with van der Waals surface area (Å²) in [6.07, 6.45) is 1.52. The van der Waals surface area contributed by atoms with Gasteiger partial charge < -0.3 is 10.5 Å². The van der Waals surface area contributed by atoms with Gasteiger partial charge in [0.15, 0.2) is 11.6 Å². The van der Waals surface area contributed by atoms with Gasteiger partial charge in [0, 0.05) is 11.1 Å². The molecule has 0 saturated carbocycles. The third-order valence-electron chi connectivity index (χ3n) is 3.04. The van der Waals surface area contributed by atoms with Crippen LogP contribution in [0.15, 0.2) is 42.5 Å².